The zero-order chi connectivity index (χ0) is 31.6. The lowest BCUT2D eigenvalue weighted by molar-refractivity contribution is -0.00935. The van der Waals surface area contributed by atoms with E-state index < -0.39 is 19.1 Å². The maximum absolute atomic E-state index is 13.9. The van der Waals surface area contributed by atoms with E-state index in [1.54, 1.807) is 4.90 Å². The fraction of sp³-hybridized carbons (Fsp3) is 0.562. The van der Waals surface area contributed by atoms with Gasteiger partial charge >= 0.3 is 6.09 Å². The van der Waals surface area contributed by atoms with Gasteiger partial charge in [0.15, 0.2) is 0 Å². The van der Waals surface area contributed by atoms with Crippen LogP contribution < -0.4 is 0 Å². The van der Waals surface area contributed by atoms with Gasteiger partial charge in [0, 0.05) is 49.2 Å². The number of rotatable bonds is 10. The first-order valence-corrected chi connectivity index (χ1v) is 19.7. The van der Waals surface area contributed by atoms with Gasteiger partial charge in [0.2, 0.25) is 0 Å². The maximum Gasteiger partial charge on any atom is 0.410 e. The Bertz CT molecular complexity index is 1410. The van der Waals surface area contributed by atoms with Gasteiger partial charge < -0.3 is 19.1 Å². The third kappa shape index (κ3) is 8.81. The number of aromatic nitrogens is 2. The van der Waals surface area contributed by atoms with Gasteiger partial charge in [0.1, 0.15) is 22.8 Å². The van der Waals surface area contributed by atoms with Crippen molar-refractivity contribution in [3.05, 3.63) is 63.0 Å². The van der Waals surface area contributed by atoms with Crippen molar-refractivity contribution >= 4 is 52.6 Å². The first kappa shape index (κ1) is 33.9. The molecule has 3 aromatic rings. The lowest BCUT2D eigenvalue weighted by Crippen LogP contribution is -2.48. The Hall–Kier alpha value is -1.98. The van der Waals surface area contributed by atoms with E-state index in [0.717, 1.165) is 32.7 Å². The van der Waals surface area contributed by atoms with Crippen LogP contribution in [0.25, 0.3) is 10.9 Å². The second kappa shape index (κ2) is 13.6. The molecule has 2 heterocycles. The van der Waals surface area contributed by atoms with Crippen molar-refractivity contribution in [1.82, 2.24) is 14.7 Å². The van der Waals surface area contributed by atoms with Crippen LogP contribution in [0.3, 0.4) is 0 Å². The van der Waals surface area contributed by atoms with E-state index in [1.165, 1.54) is 12.1 Å². The number of amides is 1. The number of likely N-dealkylation sites (tertiary alicyclic amines) is 1. The van der Waals surface area contributed by atoms with Crippen molar-refractivity contribution in [2.45, 2.75) is 90.1 Å². The largest absolute Gasteiger partial charge is 0.444 e. The second-order valence-corrected chi connectivity index (χ2v) is 20.5. The van der Waals surface area contributed by atoms with Crippen LogP contribution in [0.4, 0.5) is 9.18 Å². The van der Waals surface area contributed by atoms with E-state index in [9.17, 15) is 9.18 Å². The quantitative estimate of drug-likeness (QED) is 0.156. The molecule has 7 nitrogen and oxygen atoms in total. The minimum atomic E-state index is -1.19. The Labute approximate surface area is 269 Å². The smallest absolute Gasteiger partial charge is 0.410 e. The van der Waals surface area contributed by atoms with Crippen molar-refractivity contribution in [3.63, 3.8) is 0 Å². The maximum atomic E-state index is 13.9. The first-order valence-electron chi connectivity index (χ1n) is 14.9. The highest BCUT2D eigenvalue weighted by Gasteiger charge is 2.39. The summed E-state index contributed by atoms with van der Waals surface area (Å²) in [5, 5.41) is 6.35. The summed E-state index contributed by atoms with van der Waals surface area (Å²) in [6.07, 6.45) is 0.668. The third-order valence-electron chi connectivity index (χ3n) is 7.86. The SMILES string of the molecule is C[C@@H](OCC1(c2ccc(F)cc2)CCN(C(=O)OC(C)(C)C)CC1)c1cc(Cl)cc2c(Br)n(COCC[Si](C)(C)C)nc12. The van der Waals surface area contributed by atoms with Crippen molar-refractivity contribution < 1.29 is 23.4 Å². The Morgan fingerprint density at radius 1 is 1.16 bits per heavy atom. The molecule has 0 spiro atoms. The number of piperidine rings is 1. The van der Waals surface area contributed by atoms with Gasteiger partial charge in [0.05, 0.1) is 18.2 Å². The number of halogens is 3. The summed E-state index contributed by atoms with van der Waals surface area (Å²) in [5.41, 5.74) is 1.70. The molecule has 1 aliphatic rings. The molecule has 1 fully saturated rings. The van der Waals surface area contributed by atoms with E-state index in [2.05, 4.69) is 35.6 Å². The predicted molar refractivity (Wildman–Crippen MR) is 176 cm³/mol. The number of carbonyl (C=O) groups excluding carboxylic acids is 1. The standard InChI is InChI=1S/C32H44BrClFN3O4Si/c1-22(26-18-24(34)19-27-28(26)36-38(29(27)33)21-40-16-17-43(5,6)7)41-20-32(23-8-10-25(35)11-9-23)12-14-37(15-13-32)30(39)42-31(2,3)4/h8-11,18-19,22H,12-17,20-21H2,1-7H3/t22-/m1/s1. The van der Waals surface area contributed by atoms with Crippen LogP contribution in [0.2, 0.25) is 30.7 Å². The van der Waals surface area contributed by atoms with Crippen molar-refractivity contribution in [1.29, 1.82) is 0 Å². The normalized spacial score (nSPS) is 16.5. The Kier molecular flexibility index (Phi) is 10.7. The molecule has 0 aliphatic carbocycles. The highest BCUT2D eigenvalue weighted by molar-refractivity contribution is 9.10. The average molecular weight is 697 g/mol. The number of benzene rings is 2. The summed E-state index contributed by atoms with van der Waals surface area (Å²) in [6.45, 7) is 17.0. The number of carbonyl (C=O) groups is 1. The molecule has 0 radical (unpaired) electrons. The predicted octanol–water partition coefficient (Wildman–Crippen LogP) is 8.95. The summed E-state index contributed by atoms with van der Waals surface area (Å²) in [4.78, 5) is 14.5. The van der Waals surface area contributed by atoms with Gasteiger partial charge in [-0.15, -0.1) is 0 Å². The highest BCUT2D eigenvalue weighted by atomic mass is 79.9. The van der Waals surface area contributed by atoms with E-state index in [4.69, 9.17) is 30.9 Å². The summed E-state index contributed by atoms with van der Waals surface area (Å²) >= 11 is 10.3. The molecule has 1 aliphatic heterocycles. The Balaban J connectivity index is 1.53. The second-order valence-electron chi connectivity index (χ2n) is 13.7. The van der Waals surface area contributed by atoms with Crippen LogP contribution in [0.1, 0.15) is 57.8 Å². The Morgan fingerprint density at radius 3 is 2.42 bits per heavy atom. The fourth-order valence-electron chi connectivity index (χ4n) is 5.26. The van der Waals surface area contributed by atoms with Crippen molar-refractivity contribution in [2.75, 3.05) is 26.3 Å². The van der Waals surface area contributed by atoms with Crippen LogP contribution in [-0.4, -0.2) is 60.8 Å². The molecule has 0 bridgehead atoms. The molecule has 43 heavy (non-hydrogen) atoms. The number of hydrogen-bond donors (Lipinski definition) is 0. The number of ether oxygens (including phenoxy) is 3. The topological polar surface area (TPSA) is 65.8 Å². The molecule has 1 atom stereocenters. The van der Waals surface area contributed by atoms with Gasteiger partial charge in [-0.3, -0.25) is 0 Å². The summed E-state index contributed by atoms with van der Waals surface area (Å²) in [7, 11) is -1.19. The molecule has 4 rings (SSSR count). The first-order chi connectivity index (χ1) is 20.1. The minimum Gasteiger partial charge on any atom is -0.444 e. The number of fused-ring (bicyclic) bond motifs is 1. The van der Waals surface area contributed by atoms with Gasteiger partial charge in [-0.2, -0.15) is 5.10 Å². The molecular formula is C32H44BrClFN3O4Si. The van der Waals surface area contributed by atoms with Crippen LogP contribution in [0.5, 0.6) is 0 Å². The zero-order valence-corrected chi connectivity index (χ0v) is 29.6. The summed E-state index contributed by atoms with van der Waals surface area (Å²) < 4.78 is 34.7. The van der Waals surface area contributed by atoms with Gasteiger partial charge in [-0.05, 0) is 92.3 Å². The molecule has 0 saturated carbocycles. The van der Waals surface area contributed by atoms with Crippen LogP contribution in [-0.2, 0) is 26.4 Å². The number of nitrogens with zero attached hydrogens (tertiary/aromatic N) is 3. The van der Waals surface area contributed by atoms with Crippen LogP contribution in [0.15, 0.2) is 41.0 Å². The van der Waals surface area contributed by atoms with Crippen LogP contribution in [0, 0.1) is 5.82 Å². The molecule has 1 amide bonds. The summed E-state index contributed by atoms with van der Waals surface area (Å²) in [5.74, 6) is -0.286. The molecular weight excluding hydrogens is 653 g/mol. The molecule has 236 valence electrons. The van der Waals surface area contributed by atoms with Crippen LogP contribution >= 0.6 is 27.5 Å². The molecule has 2 aromatic carbocycles. The fourth-order valence-corrected chi connectivity index (χ4v) is 6.72. The van der Waals surface area contributed by atoms with E-state index in [-0.39, 0.29) is 18.0 Å². The summed E-state index contributed by atoms with van der Waals surface area (Å²) in [6, 6.07) is 11.5. The van der Waals surface area contributed by atoms with E-state index in [1.807, 2.05) is 56.6 Å². The van der Waals surface area contributed by atoms with E-state index in [0.29, 0.717) is 50.9 Å². The molecule has 0 unspecified atom stereocenters. The van der Waals surface area contributed by atoms with Gasteiger partial charge in [-0.25, -0.2) is 13.9 Å². The lowest BCUT2D eigenvalue weighted by atomic mass is 9.73. The average Bonchev–Trinajstić information content (AvgIpc) is 3.23. The van der Waals surface area contributed by atoms with Gasteiger partial charge in [-0.1, -0.05) is 43.4 Å². The number of hydrogen-bond acceptors (Lipinski definition) is 5. The van der Waals surface area contributed by atoms with Gasteiger partial charge in [0.25, 0.3) is 0 Å². The van der Waals surface area contributed by atoms with E-state index >= 15 is 0 Å². The molecule has 11 heteroatoms. The zero-order valence-electron chi connectivity index (χ0n) is 26.3. The van der Waals surface area contributed by atoms with Crippen molar-refractivity contribution in [2.24, 2.45) is 0 Å². The van der Waals surface area contributed by atoms with Crippen molar-refractivity contribution in [3.8, 4) is 0 Å². The lowest BCUT2D eigenvalue weighted by Gasteiger charge is -2.42. The monoisotopic (exact) mass is 695 g/mol. The minimum absolute atomic E-state index is 0.286. The third-order valence-corrected chi connectivity index (χ3v) is 10.6. The molecule has 1 saturated heterocycles. The molecule has 0 N–H and O–H groups in total. The highest BCUT2D eigenvalue weighted by Crippen LogP contribution is 2.39. The molecule has 1 aromatic heterocycles. The Morgan fingerprint density at radius 2 is 1.81 bits per heavy atom.